The molecule has 1 aromatic rings. The van der Waals surface area contributed by atoms with Crippen molar-refractivity contribution >= 4 is 0 Å². The Morgan fingerprint density at radius 1 is 1.04 bits per heavy atom. The quantitative estimate of drug-likeness (QED) is 0.894. The van der Waals surface area contributed by atoms with E-state index in [9.17, 15) is 13.2 Å². The lowest BCUT2D eigenvalue weighted by Crippen LogP contribution is -2.47. The number of hydrogen-bond donors (Lipinski definition) is 1. The van der Waals surface area contributed by atoms with Crippen molar-refractivity contribution in [1.82, 2.24) is 10.2 Å². The molecule has 0 unspecified atom stereocenters. The van der Waals surface area contributed by atoms with E-state index in [1.54, 1.807) is 6.07 Å². The van der Waals surface area contributed by atoms with Gasteiger partial charge in [-0.05, 0) is 36.5 Å². The maximum Gasteiger partial charge on any atom is 0.416 e. The molecule has 1 saturated heterocycles. The fraction of sp³-hybridized carbons (Fsp3) is 0.667. The van der Waals surface area contributed by atoms with E-state index in [1.165, 1.54) is 31.4 Å². The molecule has 0 bridgehead atoms. The number of hydrogen-bond acceptors (Lipinski definition) is 2. The van der Waals surface area contributed by atoms with Gasteiger partial charge in [0, 0.05) is 32.2 Å². The summed E-state index contributed by atoms with van der Waals surface area (Å²) in [7, 11) is 0. The summed E-state index contributed by atoms with van der Waals surface area (Å²) in [4.78, 5) is 2.39. The van der Waals surface area contributed by atoms with Gasteiger partial charge < -0.3 is 5.32 Å². The van der Waals surface area contributed by atoms with E-state index in [1.807, 2.05) is 6.07 Å². The molecule has 1 atom stereocenters. The molecule has 23 heavy (non-hydrogen) atoms. The molecule has 1 heterocycles. The molecule has 2 nitrogen and oxygen atoms in total. The van der Waals surface area contributed by atoms with Crippen molar-refractivity contribution in [3.63, 3.8) is 0 Å². The molecule has 0 radical (unpaired) electrons. The summed E-state index contributed by atoms with van der Waals surface area (Å²) in [5, 5.41) is 3.34. The fourth-order valence-electron chi connectivity index (χ4n) is 4.09. The zero-order valence-electron chi connectivity index (χ0n) is 13.4. The summed E-state index contributed by atoms with van der Waals surface area (Å²) in [6, 6.07) is 6.13. The highest BCUT2D eigenvalue weighted by Gasteiger charge is 2.34. The maximum absolute atomic E-state index is 13.1. The Balaban J connectivity index is 1.90. The average molecular weight is 326 g/mol. The molecule has 2 aliphatic rings. The standard InChI is InChI=1S/C18H25F3N2/c19-18(20,21)16-8-4-7-15(13-16)17(14-5-2-1-3-6-14)23-11-9-22-10-12-23/h4,7-8,13-14,17,22H,1-3,5-6,9-12H2/t17-/m0/s1. The Morgan fingerprint density at radius 2 is 1.74 bits per heavy atom. The van der Waals surface area contributed by atoms with Crippen molar-refractivity contribution in [2.75, 3.05) is 26.2 Å². The Labute approximate surface area is 136 Å². The van der Waals surface area contributed by atoms with Crippen LogP contribution in [0.1, 0.15) is 49.3 Å². The van der Waals surface area contributed by atoms with Gasteiger partial charge in [-0.25, -0.2) is 0 Å². The molecule has 1 aliphatic heterocycles. The second-order valence-corrected chi connectivity index (χ2v) is 6.75. The Hall–Kier alpha value is -1.07. The molecule has 3 rings (SSSR count). The van der Waals surface area contributed by atoms with E-state index < -0.39 is 11.7 Å². The van der Waals surface area contributed by atoms with Crippen LogP contribution in [0, 0.1) is 5.92 Å². The van der Waals surface area contributed by atoms with Gasteiger partial charge in [-0.2, -0.15) is 13.2 Å². The summed E-state index contributed by atoms with van der Waals surface area (Å²) in [5.41, 5.74) is 0.319. The topological polar surface area (TPSA) is 15.3 Å². The van der Waals surface area contributed by atoms with Crippen molar-refractivity contribution < 1.29 is 13.2 Å². The first-order valence-electron chi connectivity index (χ1n) is 8.67. The van der Waals surface area contributed by atoms with Gasteiger partial charge in [0.25, 0.3) is 0 Å². The molecule has 2 fully saturated rings. The first kappa shape index (κ1) is 16.8. The second-order valence-electron chi connectivity index (χ2n) is 6.75. The van der Waals surface area contributed by atoms with E-state index in [2.05, 4.69) is 10.2 Å². The maximum atomic E-state index is 13.1. The van der Waals surface area contributed by atoms with Gasteiger partial charge in [0.1, 0.15) is 0 Å². The van der Waals surface area contributed by atoms with E-state index in [-0.39, 0.29) is 6.04 Å². The third kappa shape index (κ3) is 4.07. The third-order valence-corrected chi connectivity index (χ3v) is 5.20. The fourth-order valence-corrected chi connectivity index (χ4v) is 4.09. The van der Waals surface area contributed by atoms with Gasteiger partial charge in [0.15, 0.2) is 0 Å². The number of piperazine rings is 1. The summed E-state index contributed by atoms with van der Waals surface area (Å²) < 4.78 is 39.3. The molecule has 1 aromatic carbocycles. The number of halogens is 3. The molecule has 0 spiro atoms. The Kier molecular flexibility index (Phi) is 5.27. The monoisotopic (exact) mass is 326 g/mol. The van der Waals surface area contributed by atoms with Crippen LogP contribution in [0.2, 0.25) is 0 Å². The zero-order valence-corrected chi connectivity index (χ0v) is 13.4. The van der Waals surface area contributed by atoms with E-state index in [0.29, 0.717) is 5.92 Å². The molecule has 1 N–H and O–H groups in total. The highest BCUT2D eigenvalue weighted by Crippen LogP contribution is 2.40. The lowest BCUT2D eigenvalue weighted by atomic mass is 9.80. The highest BCUT2D eigenvalue weighted by atomic mass is 19.4. The smallest absolute Gasteiger partial charge is 0.314 e. The third-order valence-electron chi connectivity index (χ3n) is 5.20. The van der Waals surface area contributed by atoms with E-state index in [4.69, 9.17) is 0 Å². The molecule has 0 amide bonds. The number of benzene rings is 1. The van der Waals surface area contributed by atoms with Gasteiger partial charge in [0.2, 0.25) is 0 Å². The van der Waals surface area contributed by atoms with Crippen LogP contribution in [0.15, 0.2) is 24.3 Å². The van der Waals surface area contributed by atoms with Crippen molar-refractivity contribution in [2.45, 2.75) is 44.3 Å². The van der Waals surface area contributed by atoms with Crippen LogP contribution in [0.5, 0.6) is 0 Å². The van der Waals surface area contributed by atoms with Crippen LogP contribution in [0.3, 0.4) is 0 Å². The second kappa shape index (κ2) is 7.22. The van der Waals surface area contributed by atoms with Crippen LogP contribution < -0.4 is 5.32 Å². The lowest BCUT2D eigenvalue weighted by Gasteiger charge is -2.41. The number of nitrogens with zero attached hydrogens (tertiary/aromatic N) is 1. The minimum Gasteiger partial charge on any atom is -0.314 e. The molecule has 5 heteroatoms. The summed E-state index contributed by atoms with van der Waals surface area (Å²) in [6.07, 6.45) is 1.65. The van der Waals surface area contributed by atoms with Crippen LogP contribution >= 0.6 is 0 Å². The molecular weight excluding hydrogens is 301 g/mol. The molecular formula is C18H25F3N2. The minimum absolute atomic E-state index is 0.125. The van der Waals surface area contributed by atoms with Crippen LogP contribution in [-0.2, 0) is 6.18 Å². The van der Waals surface area contributed by atoms with E-state index >= 15 is 0 Å². The van der Waals surface area contributed by atoms with Gasteiger partial charge in [-0.15, -0.1) is 0 Å². The van der Waals surface area contributed by atoms with Crippen molar-refractivity contribution in [2.24, 2.45) is 5.92 Å². The van der Waals surface area contributed by atoms with Gasteiger partial charge in [0.05, 0.1) is 5.56 Å². The Bertz CT molecular complexity index is 485. The molecule has 128 valence electrons. The first-order valence-corrected chi connectivity index (χ1v) is 8.67. The lowest BCUT2D eigenvalue weighted by molar-refractivity contribution is -0.137. The largest absolute Gasteiger partial charge is 0.416 e. The normalized spacial score (nSPS) is 22.9. The number of alkyl halides is 3. The predicted molar refractivity (Wildman–Crippen MR) is 85.2 cm³/mol. The van der Waals surface area contributed by atoms with Crippen LogP contribution in [-0.4, -0.2) is 31.1 Å². The number of nitrogens with one attached hydrogen (secondary N) is 1. The van der Waals surface area contributed by atoms with Crippen molar-refractivity contribution in [3.8, 4) is 0 Å². The van der Waals surface area contributed by atoms with Crippen LogP contribution in [0.25, 0.3) is 0 Å². The minimum atomic E-state index is -4.27. The summed E-state index contributed by atoms with van der Waals surface area (Å²) >= 11 is 0. The molecule has 1 aliphatic carbocycles. The Morgan fingerprint density at radius 3 is 2.39 bits per heavy atom. The van der Waals surface area contributed by atoms with Crippen molar-refractivity contribution in [3.05, 3.63) is 35.4 Å². The predicted octanol–water partition coefficient (Wildman–Crippen LogP) is 4.23. The molecule has 0 aromatic heterocycles. The average Bonchev–Trinajstić information content (AvgIpc) is 2.57. The SMILES string of the molecule is FC(F)(F)c1cccc([C@H](C2CCCCC2)N2CCNCC2)c1. The highest BCUT2D eigenvalue weighted by molar-refractivity contribution is 5.29. The molecule has 1 saturated carbocycles. The van der Waals surface area contributed by atoms with Crippen molar-refractivity contribution in [1.29, 1.82) is 0 Å². The van der Waals surface area contributed by atoms with Crippen LogP contribution in [0.4, 0.5) is 13.2 Å². The summed E-state index contributed by atoms with van der Waals surface area (Å²) in [5.74, 6) is 0.477. The zero-order chi connectivity index (χ0) is 16.3. The first-order chi connectivity index (χ1) is 11.1. The van der Waals surface area contributed by atoms with Gasteiger partial charge in [-0.1, -0.05) is 31.4 Å². The number of rotatable bonds is 3. The van der Waals surface area contributed by atoms with Gasteiger partial charge in [-0.3, -0.25) is 4.90 Å². The van der Waals surface area contributed by atoms with Gasteiger partial charge >= 0.3 is 6.18 Å². The van der Waals surface area contributed by atoms with E-state index in [0.717, 1.165) is 44.6 Å². The summed E-state index contributed by atoms with van der Waals surface area (Å²) in [6.45, 7) is 3.67.